The van der Waals surface area contributed by atoms with Gasteiger partial charge in [-0.3, -0.25) is 10.1 Å². The zero-order valence-corrected chi connectivity index (χ0v) is 12.0. The number of halogens is 1. The van der Waals surface area contributed by atoms with Gasteiger partial charge in [-0.05, 0) is 41.6 Å². The number of carbonyl (C=O) groups is 1. The number of thiophene rings is 1. The van der Waals surface area contributed by atoms with Gasteiger partial charge in [-0.25, -0.2) is 0 Å². The van der Waals surface area contributed by atoms with Gasteiger partial charge in [0.2, 0.25) is 0 Å². The molecule has 0 saturated heterocycles. The van der Waals surface area contributed by atoms with Crippen molar-refractivity contribution >= 4 is 28.9 Å². The van der Waals surface area contributed by atoms with E-state index in [0.717, 1.165) is 16.0 Å². The van der Waals surface area contributed by atoms with E-state index in [4.69, 9.17) is 11.6 Å². The summed E-state index contributed by atoms with van der Waals surface area (Å²) in [5.74, 6) is -0.887. The number of carboxylic acid groups (broad SMARTS) is 1. The standard InChI is InChI=1S/C14H14ClNO2S/c1-9-7-10(15)4-5-12(9)13(14(17)18)16-8-11-3-2-6-19-11/h2-7,13,16H,8H2,1H3,(H,17,18). The Labute approximate surface area is 120 Å². The Morgan fingerprint density at radius 3 is 2.84 bits per heavy atom. The molecule has 0 radical (unpaired) electrons. The molecule has 1 aromatic carbocycles. The predicted octanol–water partition coefficient (Wildman–Crippen LogP) is 3.63. The van der Waals surface area contributed by atoms with E-state index in [1.807, 2.05) is 24.4 Å². The molecule has 2 aromatic rings. The monoisotopic (exact) mass is 295 g/mol. The average molecular weight is 296 g/mol. The summed E-state index contributed by atoms with van der Waals surface area (Å²) in [4.78, 5) is 12.5. The first-order valence-electron chi connectivity index (χ1n) is 5.82. The van der Waals surface area contributed by atoms with Gasteiger partial charge in [0, 0.05) is 16.4 Å². The van der Waals surface area contributed by atoms with Crippen molar-refractivity contribution in [3.8, 4) is 0 Å². The molecular formula is C14H14ClNO2S. The first-order valence-corrected chi connectivity index (χ1v) is 7.08. The smallest absolute Gasteiger partial charge is 0.325 e. The molecule has 0 fully saturated rings. The molecule has 1 aromatic heterocycles. The maximum Gasteiger partial charge on any atom is 0.325 e. The van der Waals surface area contributed by atoms with Crippen LogP contribution in [0.5, 0.6) is 0 Å². The fourth-order valence-electron chi connectivity index (χ4n) is 1.91. The molecule has 5 heteroatoms. The minimum Gasteiger partial charge on any atom is -0.480 e. The van der Waals surface area contributed by atoms with Gasteiger partial charge in [0.15, 0.2) is 0 Å². The van der Waals surface area contributed by atoms with Crippen LogP contribution in [0, 0.1) is 6.92 Å². The van der Waals surface area contributed by atoms with Gasteiger partial charge in [-0.1, -0.05) is 23.7 Å². The molecule has 3 nitrogen and oxygen atoms in total. The molecule has 0 saturated carbocycles. The number of benzene rings is 1. The molecule has 0 amide bonds. The third-order valence-corrected chi connectivity index (χ3v) is 3.96. The van der Waals surface area contributed by atoms with Gasteiger partial charge < -0.3 is 5.11 Å². The Kier molecular flexibility index (Phi) is 4.58. The van der Waals surface area contributed by atoms with Crippen molar-refractivity contribution in [3.63, 3.8) is 0 Å². The minimum atomic E-state index is -0.887. The van der Waals surface area contributed by atoms with Crippen molar-refractivity contribution in [1.29, 1.82) is 0 Å². The molecule has 2 rings (SSSR count). The summed E-state index contributed by atoms with van der Waals surface area (Å²) >= 11 is 7.50. The van der Waals surface area contributed by atoms with Crippen LogP contribution in [0.2, 0.25) is 5.02 Å². The van der Waals surface area contributed by atoms with Crippen LogP contribution in [0.15, 0.2) is 35.7 Å². The maximum atomic E-state index is 11.4. The molecular weight excluding hydrogens is 282 g/mol. The van der Waals surface area contributed by atoms with Crippen LogP contribution in [0.1, 0.15) is 22.0 Å². The minimum absolute atomic E-state index is 0.538. The van der Waals surface area contributed by atoms with E-state index in [2.05, 4.69) is 5.32 Å². The summed E-state index contributed by atoms with van der Waals surface area (Å²) in [6, 6.07) is 8.46. The van der Waals surface area contributed by atoms with Crippen LogP contribution >= 0.6 is 22.9 Å². The van der Waals surface area contributed by atoms with E-state index in [9.17, 15) is 9.90 Å². The van der Waals surface area contributed by atoms with Crippen LogP contribution < -0.4 is 5.32 Å². The zero-order valence-electron chi connectivity index (χ0n) is 10.4. The van der Waals surface area contributed by atoms with E-state index in [0.29, 0.717) is 11.6 Å². The predicted molar refractivity (Wildman–Crippen MR) is 77.7 cm³/mol. The second-order valence-electron chi connectivity index (χ2n) is 4.23. The van der Waals surface area contributed by atoms with Crippen LogP contribution in [-0.4, -0.2) is 11.1 Å². The van der Waals surface area contributed by atoms with Crippen LogP contribution in [0.25, 0.3) is 0 Å². The lowest BCUT2D eigenvalue weighted by molar-refractivity contribution is -0.139. The number of carboxylic acids is 1. The quantitative estimate of drug-likeness (QED) is 0.885. The summed E-state index contributed by atoms with van der Waals surface area (Å²) < 4.78 is 0. The van der Waals surface area contributed by atoms with Gasteiger partial charge in [0.25, 0.3) is 0 Å². The SMILES string of the molecule is Cc1cc(Cl)ccc1C(NCc1cccs1)C(=O)O. The highest BCUT2D eigenvalue weighted by Gasteiger charge is 2.21. The normalized spacial score (nSPS) is 12.3. The molecule has 1 heterocycles. The summed E-state index contributed by atoms with van der Waals surface area (Å²) in [6.45, 7) is 2.40. The molecule has 0 aliphatic carbocycles. The largest absolute Gasteiger partial charge is 0.480 e. The fourth-order valence-corrected chi connectivity index (χ4v) is 2.79. The highest BCUT2D eigenvalue weighted by molar-refractivity contribution is 7.09. The first kappa shape index (κ1) is 14.1. The Bertz CT molecular complexity index is 569. The molecule has 19 heavy (non-hydrogen) atoms. The molecule has 0 spiro atoms. The Morgan fingerprint density at radius 2 is 2.26 bits per heavy atom. The van der Waals surface area contributed by atoms with E-state index in [1.165, 1.54) is 0 Å². The van der Waals surface area contributed by atoms with Crippen molar-refractivity contribution in [3.05, 3.63) is 56.7 Å². The lowest BCUT2D eigenvalue weighted by Gasteiger charge is -2.16. The van der Waals surface area contributed by atoms with Gasteiger partial charge in [-0.2, -0.15) is 0 Å². The van der Waals surface area contributed by atoms with Crippen LogP contribution in [0.4, 0.5) is 0 Å². The van der Waals surface area contributed by atoms with Crippen LogP contribution in [0.3, 0.4) is 0 Å². The fraction of sp³-hybridized carbons (Fsp3) is 0.214. The third kappa shape index (κ3) is 3.56. The lowest BCUT2D eigenvalue weighted by Crippen LogP contribution is -2.28. The Balaban J connectivity index is 2.17. The van der Waals surface area contributed by atoms with E-state index < -0.39 is 12.0 Å². The average Bonchev–Trinajstić information content (AvgIpc) is 2.84. The number of hydrogen-bond acceptors (Lipinski definition) is 3. The Morgan fingerprint density at radius 1 is 1.47 bits per heavy atom. The molecule has 1 atom stereocenters. The first-order chi connectivity index (χ1) is 9.08. The van der Waals surface area contributed by atoms with Gasteiger partial charge in [-0.15, -0.1) is 11.3 Å². The number of aliphatic carboxylic acids is 1. The molecule has 0 aliphatic rings. The van der Waals surface area contributed by atoms with Gasteiger partial charge in [0.05, 0.1) is 0 Å². The molecule has 1 unspecified atom stereocenters. The van der Waals surface area contributed by atoms with Crippen molar-refractivity contribution in [2.45, 2.75) is 19.5 Å². The maximum absolute atomic E-state index is 11.4. The van der Waals surface area contributed by atoms with E-state index >= 15 is 0 Å². The highest BCUT2D eigenvalue weighted by atomic mass is 35.5. The molecule has 0 aliphatic heterocycles. The second kappa shape index (κ2) is 6.19. The van der Waals surface area contributed by atoms with Crippen molar-refractivity contribution in [2.75, 3.05) is 0 Å². The van der Waals surface area contributed by atoms with E-state index in [1.54, 1.807) is 29.5 Å². The third-order valence-electron chi connectivity index (χ3n) is 2.85. The summed E-state index contributed by atoms with van der Waals surface area (Å²) in [7, 11) is 0. The summed E-state index contributed by atoms with van der Waals surface area (Å²) in [5.41, 5.74) is 1.62. The van der Waals surface area contributed by atoms with Crippen molar-refractivity contribution < 1.29 is 9.90 Å². The zero-order chi connectivity index (χ0) is 13.8. The van der Waals surface area contributed by atoms with Crippen molar-refractivity contribution in [1.82, 2.24) is 5.32 Å². The molecule has 100 valence electrons. The topological polar surface area (TPSA) is 49.3 Å². The van der Waals surface area contributed by atoms with Gasteiger partial charge >= 0.3 is 5.97 Å². The van der Waals surface area contributed by atoms with E-state index in [-0.39, 0.29) is 0 Å². The van der Waals surface area contributed by atoms with Crippen molar-refractivity contribution in [2.24, 2.45) is 0 Å². The second-order valence-corrected chi connectivity index (χ2v) is 5.70. The lowest BCUT2D eigenvalue weighted by atomic mass is 10.0. The Hall–Kier alpha value is -1.36. The van der Waals surface area contributed by atoms with Crippen LogP contribution in [-0.2, 0) is 11.3 Å². The molecule has 2 N–H and O–H groups in total. The number of aryl methyl sites for hydroxylation is 1. The number of nitrogens with one attached hydrogen (secondary N) is 1. The number of hydrogen-bond donors (Lipinski definition) is 2. The highest BCUT2D eigenvalue weighted by Crippen LogP contribution is 2.22. The van der Waals surface area contributed by atoms with Gasteiger partial charge in [0.1, 0.15) is 6.04 Å². The summed E-state index contributed by atoms with van der Waals surface area (Å²) in [6.07, 6.45) is 0. The molecule has 0 bridgehead atoms. The number of rotatable bonds is 5. The summed E-state index contributed by atoms with van der Waals surface area (Å²) in [5, 5.41) is 15.0.